The molecule has 0 amide bonds. The number of rotatable bonds is 8. The molecule has 222 valence electrons. The molecule has 42 heavy (non-hydrogen) atoms. The highest BCUT2D eigenvalue weighted by atomic mass is 16.4. The van der Waals surface area contributed by atoms with Gasteiger partial charge in [0.1, 0.15) is 0 Å². The molecule has 0 aromatic carbocycles. The highest BCUT2D eigenvalue weighted by molar-refractivity contribution is 6.23. The molecule has 8 heteroatoms. The van der Waals surface area contributed by atoms with Crippen molar-refractivity contribution in [3.05, 3.63) is 78.4 Å². The van der Waals surface area contributed by atoms with E-state index in [0.29, 0.717) is 12.8 Å². The van der Waals surface area contributed by atoms with Crippen LogP contribution in [0.15, 0.2) is 39.1 Å². The van der Waals surface area contributed by atoms with Crippen molar-refractivity contribution in [2.75, 3.05) is 0 Å². The fraction of sp³-hybridized carbons (Fsp3) is 0.441. The zero-order valence-corrected chi connectivity index (χ0v) is 25.5. The van der Waals surface area contributed by atoms with Gasteiger partial charge in [0, 0.05) is 53.4 Å². The van der Waals surface area contributed by atoms with E-state index in [4.69, 9.17) is 4.99 Å². The molecule has 8 nitrogen and oxygen atoms in total. The Labute approximate surface area is 246 Å². The van der Waals surface area contributed by atoms with Crippen molar-refractivity contribution in [3.63, 3.8) is 0 Å². The van der Waals surface area contributed by atoms with Gasteiger partial charge < -0.3 is 20.2 Å². The minimum absolute atomic E-state index is 0.0121. The minimum Gasteiger partial charge on any atom is -0.481 e. The van der Waals surface area contributed by atoms with Crippen molar-refractivity contribution >= 4 is 29.8 Å². The lowest BCUT2D eigenvalue weighted by atomic mass is 9.96. The summed E-state index contributed by atoms with van der Waals surface area (Å²) in [5.41, 5.74) is 13.1. The van der Waals surface area contributed by atoms with E-state index in [1.165, 1.54) is 28.0 Å². The first-order chi connectivity index (χ1) is 20.0. The summed E-state index contributed by atoms with van der Waals surface area (Å²) in [5.74, 6) is -1.69. The molecule has 3 aliphatic heterocycles. The lowest BCUT2D eigenvalue weighted by Crippen LogP contribution is -2.33. The second-order valence-electron chi connectivity index (χ2n) is 11.7. The number of nitrogens with one attached hydrogen (secondary N) is 3. The Morgan fingerprint density at radius 1 is 0.905 bits per heavy atom. The van der Waals surface area contributed by atoms with E-state index in [-0.39, 0.29) is 24.9 Å². The van der Waals surface area contributed by atoms with Crippen molar-refractivity contribution in [3.8, 4) is 0 Å². The highest BCUT2D eigenvalue weighted by Crippen LogP contribution is 2.34. The summed E-state index contributed by atoms with van der Waals surface area (Å²) >= 11 is 0. The second kappa shape index (κ2) is 11.8. The highest BCUT2D eigenvalue weighted by Gasteiger charge is 2.31. The number of aliphatic carboxylic acids is 2. The molecule has 0 saturated carbocycles. The maximum Gasteiger partial charge on any atom is 0.303 e. The molecule has 0 radical (unpaired) electrons. The smallest absolute Gasteiger partial charge is 0.303 e. The van der Waals surface area contributed by atoms with Crippen molar-refractivity contribution in [2.24, 2.45) is 4.99 Å². The Kier molecular flexibility index (Phi) is 8.28. The Hall–Kier alpha value is -3.91. The number of hydrogen-bond acceptors (Lipinski definition) is 4. The largest absolute Gasteiger partial charge is 0.481 e. The maximum absolute atomic E-state index is 11.6. The third-order valence-corrected chi connectivity index (χ3v) is 9.34. The van der Waals surface area contributed by atoms with Crippen molar-refractivity contribution < 1.29 is 19.8 Å². The van der Waals surface area contributed by atoms with Crippen LogP contribution in [-0.2, 0) is 28.9 Å². The van der Waals surface area contributed by atoms with Crippen LogP contribution in [0.5, 0.6) is 0 Å². The molecule has 2 aromatic rings. The molecule has 2 aromatic heterocycles. The third-order valence-electron chi connectivity index (χ3n) is 9.34. The topological polar surface area (TPSA) is 131 Å². The van der Waals surface area contributed by atoms with Crippen LogP contribution in [0, 0.1) is 13.8 Å². The van der Waals surface area contributed by atoms with E-state index in [9.17, 15) is 19.8 Å². The summed E-state index contributed by atoms with van der Waals surface area (Å²) in [4.78, 5) is 35.5. The van der Waals surface area contributed by atoms with E-state index in [1.807, 2.05) is 19.9 Å². The van der Waals surface area contributed by atoms with Gasteiger partial charge in [-0.3, -0.25) is 14.9 Å². The summed E-state index contributed by atoms with van der Waals surface area (Å²) in [6, 6.07) is 0.234. The van der Waals surface area contributed by atoms with Crippen LogP contribution < -0.4 is 16.0 Å². The molecule has 8 bridgehead atoms. The zero-order chi connectivity index (χ0) is 30.3. The number of aliphatic imine (C=N–C) groups is 1. The Morgan fingerprint density at radius 3 is 2.29 bits per heavy atom. The van der Waals surface area contributed by atoms with Gasteiger partial charge in [-0.2, -0.15) is 0 Å². The standard InChI is InChI=1S/C34H42N4O4/c1-7-21-17(3)25-13-26-19(5)23(9-11-33(39)40)31(37-26)16-32-24(10-12-34(41)42)20(6)28(38-32)15-30-22(8-2)18(4)27(36-30)14-29(21)35-25/h13,15-16,25,29,35-36,38H,7-12,14H2,1-6H3,(H,39,40)(H,41,42). The number of aromatic amines is 2. The van der Waals surface area contributed by atoms with Crippen molar-refractivity contribution in [1.82, 2.24) is 15.3 Å². The van der Waals surface area contributed by atoms with Gasteiger partial charge in [0.15, 0.2) is 0 Å². The van der Waals surface area contributed by atoms with E-state index < -0.39 is 11.9 Å². The summed E-state index contributed by atoms with van der Waals surface area (Å²) in [7, 11) is 0. The van der Waals surface area contributed by atoms with Gasteiger partial charge in [0.25, 0.3) is 0 Å². The first-order valence-electron chi connectivity index (χ1n) is 15.0. The van der Waals surface area contributed by atoms with Crippen LogP contribution in [0.1, 0.15) is 87.0 Å². The molecule has 0 fully saturated rings. The predicted molar refractivity (Wildman–Crippen MR) is 166 cm³/mol. The Bertz CT molecular complexity index is 1710. The molecular weight excluding hydrogens is 528 g/mol. The zero-order valence-electron chi connectivity index (χ0n) is 25.5. The molecule has 2 atom stereocenters. The average molecular weight is 571 g/mol. The number of fused-ring (bicyclic) bond motifs is 7. The summed E-state index contributed by atoms with van der Waals surface area (Å²) in [6.07, 6.45) is 9.81. The molecule has 0 spiro atoms. The van der Waals surface area contributed by atoms with Gasteiger partial charge >= 0.3 is 11.9 Å². The summed E-state index contributed by atoms with van der Waals surface area (Å²) in [5, 5.41) is 24.6. The van der Waals surface area contributed by atoms with Crippen LogP contribution in [0.4, 0.5) is 0 Å². The minimum atomic E-state index is -0.848. The lowest BCUT2D eigenvalue weighted by Gasteiger charge is -2.16. The van der Waals surface area contributed by atoms with Crippen LogP contribution >= 0.6 is 0 Å². The molecule has 3 aliphatic rings. The molecule has 0 saturated heterocycles. The molecule has 2 unspecified atom stereocenters. The normalized spacial score (nSPS) is 20.0. The first-order valence-corrected chi connectivity index (χ1v) is 15.0. The van der Waals surface area contributed by atoms with Crippen LogP contribution in [0.3, 0.4) is 0 Å². The number of carbonyl (C=O) groups is 2. The van der Waals surface area contributed by atoms with E-state index >= 15 is 0 Å². The number of carboxylic acid groups (broad SMARTS) is 2. The van der Waals surface area contributed by atoms with Gasteiger partial charge in [0.2, 0.25) is 0 Å². The van der Waals surface area contributed by atoms with Crippen molar-refractivity contribution in [1.29, 1.82) is 0 Å². The first kappa shape index (κ1) is 29.6. The third kappa shape index (κ3) is 5.48. The number of carboxylic acids is 2. The number of allylic oxidation sites excluding steroid dienone is 2. The van der Waals surface area contributed by atoms with Crippen LogP contribution in [0.25, 0.3) is 12.2 Å². The fourth-order valence-electron chi connectivity index (χ4n) is 6.90. The van der Waals surface area contributed by atoms with Gasteiger partial charge in [-0.1, -0.05) is 25.0 Å². The molecule has 5 rings (SSSR count). The quantitative estimate of drug-likeness (QED) is 0.302. The van der Waals surface area contributed by atoms with Crippen molar-refractivity contribution in [2.45, 2.75) is 98.6 Å². The van der Waals surface area contributed by atoms with Gasteiger partial charge in [-0.05, 0) is 105 Å². The fourth-order valence-corrected chi connectivity index (χ4v) is 6.90. The SMILES string of the molecule is CCC1=C(C)C2C=C3N=C(C=c4[nH]c(c(C)c4CCC(=O)O)=Cc4[nH]c(c(C)c4CC)CC1N2)C(CCC(=O)O)=C3C. The number of H-pyrrole nitrogens is 2. The maximum atomic E-state index is 11.6. The summed E-state index contributed by atoms with van der Waals surface area (Å²) < 4.78 is 0. The molecule has 0 aliphatic carbocycles. The Morgan fingerprint density at radius 2 is 1.62 bits per heavy atom. The molecular formula is C34H42N4O4. The van der Waals surface area contributed by atoms with E-state index in [1.54, 1.807) is 0 Å². The predicted octanol–water partition coefficient (Wildman–Crippen LogP) is 4.29. The average Bonchev–Trinajstić information content (AvgIpc) is 3.59. The van der Waals surface area contributed by atoms with Gasteiger partial charge in [-0.15, -0.1) is 0 Å². The summed E-state index contributed by atoms with van der Waals surface area (Å²) in [6.45, 7) is 12.9. The monoisotopic (exact) mass is 570 g/mol. The Balaban J connectivity index is 1.79. The number of hydrogen-bond donors (Lipinski definition) is 5. The number of aromatic nitrogens is 2. The van der Waals surface area contributed by atoms with Crippen LogP contribution in [0.2, 0.25) is 0 Å². The van der Waals surface area contributed by atoms with E-state index in [0.717, 1.165) is 69.3 Å². The van der Waals surface area contributed by atoms with Crippen LogP contribution in [-0.4, -0.2) is 49.9 Å². The van der Waals surface area contributed by atoms with E-state index in [2.05, 4.69) is 55.1 Å². The number of nitrogens with zero attached hydrogens (tertiary/aromatic N) is 1. The van der Waals surface area contributed by atoms with Gasteiger partial charge in [-0.25, -0.2) is 4.99 Å². The molecule has 5 heterocycles. The lowest BCUT2D eigenvalue weighted by molar-refractivity contribution is -0.137. The van der Waals surface area contributed by atoms with Gasteiger partial charge in [0.05, 0.1) is 11.4 Å². The second-order valence-corrected chi connectivity index (χ2v) is 11.7. The molecule has 5 N–H and O–H groups in total.